The van der Waals surface area contributed by atoms with Crippen LogP contribution >= 0.6 is 0 Å². The molecular formula is C32H22F6. The summed E-state index contributed by atoms with van der Waals surface area (Å²) in [5.41, 5.74) is 3.05. The van der Waals surface area contributed by atoms with Crippen molar-refractivity contribution in [1.29, 1.82) is 0 Å². The Kier molecular flexibility index (Phi) is 8.01. The zero-order valence-corrected chi connectivity index (χ0v) is 20.0. The molecule has 0 fully saturated rings. The molecule has 4 aromatic rings. The quantitative estimate of drug-likeness (QED) is 0.135. The van der Waals surface area contributed by atoms with Crippen molar-refractivity contribution in [3.05, 3.63) is 155 Å². The maximum atomic E-state index is 13.0. The predicted molar refractivity (Wildman–Crippen MR) is 141 cm³/mol. The van der Waals surface area contributed by atoms with Crippen molar-refractivity contribution in [2.24, 2.45) is 0 Å². The maximum Gasteiger partial charge on any atom is 0.416 e. The summed E-state index contributed by atoms with van der Waals surface area (Å²) in [5, 5.41) is 0. The first kappa shape index (κ1) is 26.7. The van der Waals surface area contributed by atoms with Gasteiger partial charge < -0.3 is 0 Å². The number of allylic oxidation sites excluding steroid dienone is 4. The molecule has 0 aliphatic heterocycles. The van der Waals surface area contributed by atoms with E-state index in [1.165, 1.54) is 24.3 Å². The molecule has 0 saturated carbocycles. The van der Waals surface area contributed by atoms with Crippen molar-refractivity contribution in [1.82, 2.24) is 0 Å². The van der Waals surface area contributed by atoms with Crippen LogP contribution in [0.25, 0.3) is 23.3 Å². The monoisotopic (exact) mass is 520 g/mol. The molecule has 0 unspecified atom stereocenters. The summed E-state index contributed by atoms with van der Waals surface area (Å²) in [4.78, 5) is 0. The second-order valence-corrected chi connectivity index (χ2v) is 8.47. The van der Waals surface area contributed by atoms with Crippen molar-refractivity contribution in [2.75, 3.05) is 0 Å². The van der Waals surface area contributed by atoms with Crippen molar-refractivity contribution in [2.45, 2.75) is 12.4 Å². The van der Waals surface area contributed by atoms with E-state index in [0.29, 0.717) is 11.1 Å². The number of alkyl halides is 6. The first-order chi connectivity index (χ1) is 18.1. The van der Waals surface area contributed by atoms with Gasteiger partial charge in [-0.15, -0.1) is 0 Å². The van der Waals surface area contributed by atoms with E-state index in [-0.39, 0.29) is 0 Å². The average molecular weight is 521 g/mol. The fourth-order valence-corrected chi connectivity index (χ4v) is 3.84. The van der Waals surface area contributed by atoms with Crippen LogP contribution in [0.4, 0.5) is 26.3 Å². The minimum Gasteiger partial charge on any atom is -0.166 e. The molecule has 38 heavy (non-hydrogen) atoms. The summed E-state index contributed by atoms with van der Waals surface area (Å²) >= 11 is 0. The number of rotatable bonds is 6. The molecular weight excluding hydrogens is 498 g/mol. The molecule has 0 aliphatic rings. The molecule has 0 atom stereocenters. The molecule has 0 bridgehead atoms. The molecule has 4 aromatic carbocycles. The number of halogens is 6. The van der Waals surface area contributed by atoms with Gasteiger partial charge >= 0.3 is 12.4 Å². The summed E-state index contributed by atoms with van der Waals surface area (Å²) in [6, 6.07) is 28.7. The second kappa shape index (κ2) is 11.4. The van der Waals surface area contributed by atoms with Crippen LogP contribution in [0.15, 0.2) is 121 Å². The Hall–Kier alpha value is -4.32. The third-order valence-corrected chi connectivity index (χ3v) is 5.82. The lowest BCUT2D eigenvalue weighted by Gasteiger charge is -2.12. The predicted octanol–water partition coefficient (Wildman–Crippen LogP) is 10.1. The number of benzene rings is 4. The van der Waals surface area contributed by atoms with E-state index in [4.69, 9.17) is 0 Å². The number of hydrogen-bond donors (Lipinski definition) is 0. The summed E-state index contributed by atoms with van der Waals surface area (Å²) in [6.45, 7) is 0. The molecule has 0 heterocycles. The Morgan fingerprint density at radius 3 is 1.03 bits per heavy atom. The van der Waals surface area contributed by atoms with Gasteiger partial charge in [0.1, 0.15) is 0 Å². The van der Waals surface area contributed by atoms with E-state index in [0.717, 1.165) is 46.5 Å². The molecule has 0 aromatic heterocycles. The van der Waals surface area contributed by atoms with Gasteiger partial charge in [-0.25, -0.2) is 0 Å². The topological polar surface area (TPSA) is 0 Å². The van der Waals surface area contributed by atoms with Gasteiger partial charge in [0, 0.05) is 0 Å². The summed E-state index contributed by atoms with van der Waals surface area (Å²) < 4.78 is 77.8. The van der Waals surface area contributed by atoms with Crippen LogP contribution in [0.2, 0.25) is 0 Å². The van der Waals surface area contributed by atoms with E-state index in [1.807, 2.05) is 72.8 Å². The van der Waals surface area contributed by atoms with Gasteiger partial charge in [-0.05, 0) is 57.7 Å². The van der Waals surface area contributed by atoms with Crippen LogP contribution in [-0.2, 0) is 12.4 Å². The van der Waals surface area contributed by atoms with Crippen LogP contribution in [-0.4, -0.2) is 0 Å². The Bertz CT molecular complexity index is 1310. The van der Waals surface area contributed by atoms with Gasteiger partial charge in [0.25, 0.3) is 0 Å². The lowest BCUT2D eigenvalue weighted by molar-refractivity contribution is -0.138. The zero-order chi connectivity index (χ0) is 27.2. The SMILES string of the molecule is FC(F)(F)c1ccc(/C=C/C(=C(/C=C/c2ccc(C(F)(F)F)cc2)c2ccccc2)c2ccccc2)cc1. The highest BCUT2D eigenvalue weighted by molar-refractivity contribution is 6.02. The molecule has 4 rings (SSSR count). The van der Waals surface area contributed by atoms with E-state index in [2.05, 4.69) is 0 Å². The molecule has 0 N–H and O–H groups in total. The molecule has 0 saturated heterocycles. The van der Waals surface area contributed by atoms with Gasteiger partial charge in [0.2, 0.25) is 0 Å². The molecule has 0 amide bonds. The fraction of sp³-hybridized carbons (Fsp3) is 0.0625. The zero-order valence-electron chi connectivity index (χ0n) is 20.0. The molecule has 0 spiro atoms. The highest BCUT2D eigenvalue weighted by Crippen LogP contribution is 2.33. The van der Waals surface area contributed by atoms with Crippen LogP contribution in [0.3, 0.4) is 0 Å². The number of hydrogen-bond acceptors (Lipinski definition) is 0. The third-order valence-electron chi connectivity index (χ3n) is 5.82. The lowest BCUT2D eigenvalue weighted by Crippen LogP contribution is -2.04. The molecule has 0 aliphatic carbocycles. The van der Waals surface area contributed by atoms with Gasteiger partial charge in [-0.3, -0.25) is 0 Å². The van der Waals surface area contributed by atoms with E-state index in [9.17, 15) is 26.3 Å². The maximum absolute atomic E-state index is 13.0. The van der Waals surface area contributed by atoms with Gasteiger partial charge in [0.05, 0.1) is 11.1 Å². The Morgan fingerprint density at radius 1 is 0.421 bits per heavy atom. The summed E-state index contributed by atoms with van der Waals surface area (Å²) in [5.74, 6) is 0. The summed E-state index contributed by atoms with van der Waals surface area (Å²) in [6.07, 6.45) is -1.70. The van der Waals surface area contributed by atoms with Crippen molar-refractivity contribution in [3.63, 3.8) is 0 Å². The largest absolute Gasteiger partial charge is 0.416 e. The lowest BCUT2D eigenvalue weighted by atomic mass is 9.93. The Labute approximate surface area is 216 Å². The third kappa shape index (κ3) is 6.91. The van der Waals surface area contributed by atoms with Crippen molar-refractivity contribution >= 4 is 23.3 Å². The highest BCUT2D eigenvalue weighted by Gasteiger charge is 2.30. The van der Waals surface area contributed by atoms with Crippen LogP contribution in [0.1, 0.15) is 33.4 Å². The highest BCUT2D eigenvalue weighted by atomic mass is 19.4. The standard InChI is InChI=1S/C32H22F6/c33-31(34,35)27-17-11-23(12-18-27)15-21-29(25-7-3-1-4-8-25)30(26-9-5-2-6-10-26)22-16-24-13-19-28(20-14-24)32(36,37)38/h1-22H/b21-15+,22-16+,30-29+. The van der Waals surface area contributed by atoms with Crippen LogP contribution in [0.5, 0.6) is 0 Å². The second-order valence-electron chi connectivity index (χ2n) is 8.47. The molecule has 6 heteroatoms. The summed E-state index contributed by atoms with van der Waals surface area (Å²) in [7, 11) is 0. The van der Waals surface area contributed by atoms with Crippen molar-refractivity contribution in [3.8, 4) is 0 Å². The molecule has 0 nitrogen and oxygen atoms in total. The molecule has 0 radical (unpaired) electrons. The minimum absolute atomic E-state index is 0.588. The van der Waals surface area contributed by atoms with E-state index >= 15 is 0 Å². The van der Waals surface area contributed by atoms with Crippen molar-refractivity contribution < 1.29 is 26.3 Å². The van der Waals surface area contributed by atoms with E-state index < -0.39 is 23.5 Å². The minimum atomic E-state index is -4.42. The van der Waals surface area contributed by atoms with Crippen LogP contribution in [0, 0.1) is 0 Å². The molecule has 192 valence electrons. The fourth-order valence-electron chi connectivity index (χ4n) is 3.84. The van der Waals surface area contributed by atoms with E-state index in [1.54, 1.807) is 12.2 Å². The van der Waals surface area contributed by atoms with Gasteiger partial charge in [-0.1, -0.05) is 109 Å². The Morgan fingerprint density at radius 2 is 0.737 bits per heavy atom. The average Bonchev–Trinajstić information content (AvgIpc) is 2.91. The van der Waals surface area contributed by atoms with Crippen LogP contribution < -0.4 is 0 Å². The smallest absolute Gasteiger partial charge is 0.166 e. The normalized spacial score (nSPS) is 13.2. The van der Waals surface area contributed by atoms with Gasteiger partial charge in [-0.2, -0.15) is 26.3 Å². The first-order valence-corrected chi connectivity index (χ1v) is 11.7. The first-order valence-electron chi connectivity index (χ1n) is 11.7. The Balaban J connectivity index is 1.80. The van der Waals surface area contributed by atoms with Gasteiger partial charge in [0.15, 0.2) is 0 Å².